The first-order valence-electron chi connectivity index (χ1n) is 7.28. The van der Waals surface area contributed by atoms with Crippen LogP contribution >= 0.6 is 0 Å². The van der Waals surface area contributed by atoms with E-state index in [0.717, 1.165) is 37.9 Å². The van der Waals surface area contributed by atoms with Crippen molar-refractivity contribution in [1.29, 1.82) is 0 Å². The molecule has 0 aromatic heterocycles. The second kappa shape index (κ2) is 7.88. The highest BCUT2D eigenvalue weighted by molar-refractivity contribution is 5.92. The van der Waals surface area contributed by atoms with Gasteiger partial charge in [0.15, 0.2) is 0 Å². The van der Waals surface area contributed by atoms with E-state index in [9.17, 15) is 13.6 Å². The number of benzene rings is 1. The van der Waals surface area contributed by atoms with Crippen LogP contribution in [0.15, 0.2) is 29.8 Å². The average molecular weight is 294 g/mol. The van der Waals surface area contributed by atoms with E-state index in [1.54, 1.807) is 0 Å². The zero-order valence-electron chi connectivity index (χ0n) is 11.9. The van der Waals surface area contributed by atoms with Crippen molar-refractivity contribution in [2.75, 3.05) is 18.4 Å². The molecular weight excluding hydrogens is 274 g/mol. The molecule has 3 nitrogen and oxygen atoms in total. The van der Waals surface area contributed by atoms with Crippen LogP contribution in [0.3, 0.4) is 0 Å². The monoisotopic (exact) mass is 294 g/mol. The van der Waals surface area contributed by atoms with Crippen molar-refractivity contribution in [2.45, 2.75) is 32.1 Å². The van der Waals surface area contributed by atoms with E-state index in [0.29, 0.717) is 0 Å². The van der Waals surface area contributed by atoms with Crippen molar-refractivity contribution in [1.82, 2.24) is 5.32 Å². The van der Waals surface area contributed by atoms with Gasteiger partial charge in [0.05, 0.1) is 12.2 Å². The molecule has 0 heterocycles. The van der Waals surface area contributed by atoms with Gasteiger partial charge in [-0.05, 0) is 50.8 Å². The van der Waals surface area contributed by atoms with Gasteiger partial charge < -0.3 is 10.6 Å². The molecule has 0 saturated heterocycles. The predicted octanol–water partition coefficient (Wildman–Crippen LogP) is 3.38. The molecule has 0 bridgehead atoms. The quantitative estimate of drug-likeness (QED) is 0.624. The summed E-state index contributed by atoms with van der Waals surface area (Å²) >= 11 is 0. The number of anilines is 1. The van der Waals surface area contributed by atoms with Crippen molar-refractivity contribution in [3.63, 3.8) is 0 Å². The van der Waals surface area contributed by atoms with Gasteiger partial charge in [0.1, 0.15) is 11.6 Å². The molecule has 21 heavy (non-hydrogen) atoms. The van der Waals surface area contributed by atoms with Gasteiger partial charge in [-0.15, -0.1) is 0 Å². The van der Waals surface area contributed by atoms with Crippen LogP contribution in [0.4, 0.5) is 14.5 Å². The molecule has 114 valence electrons. The lowest BCUT2D eigenvalue weighted by Gasteiger charge is -2.13. The molecule has 2 rings (SSSR count). The number of carbonyl (C=O) groups excluding carboxylic acids is 1. The second-order valence-electron chi connectivity index (χ2n) is 5.21. The number of nitrogens with one attached hydrogen (secondary N) is 2. The number of allylic oxidation sites excluding steroid dienone is 1. The lowest BCUT2D eigenvalue weighted by molar-refractivity contribution is -0.115. The van der Waals surface area contributed by atoms with Crippen LogP contribution in [-0.2, 0) is 4.79 Å². The van der Waals surface area contributed by atoms with Gasteiger partial charge in [0, 0.05) is 6.07 Å². The third kappa shape index (κ3) is 5.27. The zero-order valence-corrected chi connectivity index (χ0v) is 11.9. The van der Waals surface area contributed by atoms with Crippen LogP contribution in [0.25, 0.3) is 0 Å². The van der Waals surface area contributed by atoms with E-state index < -0.39 is 11.6 Å². The van der Waals surface area contributed by atoms with Gasteiger partial charge in [-0.2, -0.15) is 0 Å². The summed E-state index contributed by atoms with van der Waals surface area (Å²) in [6.45, 7) is 0.843. The summed E-state index contributed by atoms with van der Waals surface area (Å²) in [5.41, 5.74) is 1.44. The minimum absolute atomic E-state index is 0.00168. The van der Waals surface area contributed by atoms with Gasteiger partial charge in [0.25, 0.3) is 0 Å². The molecule has 5 heteroatoms. The van der Waals surface area contributed by atoms with Crippen LogP contribution in [0.5, 0.6) is 0 Å². The van der Waals surface area contributed by atoms with Crippen molar-refractivity contribution < 1.29 is 13.6 Å². The Kier molecular flexibility index (Phi) is 5.87. The number of hydrogen-bond acceptors (Lipinski definition) is 2. The fourth-order valence-corrected chi connectivity index (χ4v) is 2.37. The average Bonchev–Trinajstić information content (AvgIpc) is 2.48. The Balaban J connectivity index is 1.68. The first-order valence-corrected chi connectivity index (χ1v) is 7.28. The molecule has 2 N–H and O–H groups in total. The van der Waals surface area contributed by atoms with Crippen molar-refractivity contribution in [3.8, 4) is 0 Å². The summed E-state index contributed by atoms with van der Waals surface area (Å²) < 4.78 is 26.1. The van der Waals surface area contributed by atoms with Gasteiger partial charge in [-0.25, -0.2) is 8.78 Å². The third-order valence-corrected chi connectivity index (χ3v) is 3.50. The van der Waals surface area contributed by atoms with Crippen LogP contribution < -0.4 is 10.6 Å². The Morgan fingerprint density at radius 2 is 2.10 bits per heavy atom. The molecule has 0 aliphatic heterocycles. The molecule has 1 aliphatic carbocycles. The Morgan fingerprint density at radius 3 is 2.81 bits per heavy atom. The van der Waals surface area contributed by atoms with Crippen LogP contribution in [0.2, 0.25) is 0 Å². The van der Waals surface area contributed by atoms with Crippen LogP contribution in [-0.4, -0.2) is 19.0 Å². The van der Waals surface area contributed by atoms with Crippen molar-refractivity contribution in [2.24, 2.45) is 0 Å². The SMILES string of the molecule is O=C(CNCCC1=CCCCC1)Nc1ccc(F)cc1F. The molecule has 0 unspecified atom stereocenters. The molecule has 0 atom stereocenters. The van der Waals surface area contributed by atoms with Crippen molar-refractivity contribution in [3.05, 3.63) is 41.5 Å². The first-order chi connectivity index (χ1) is 10.1. The number of halogens is 2. The highest BCUT2D eigenvalue weighted by Crippen LogP contribution is 2.19. The minimum Gasteiger partial charge on any atom is -0.322 e. The fraction of sp³-hybridized carbons (Fsp3) is 0.438. The van der Waals surface area contributed by atoms with E-state index in [1.807, 2.05) is 0 Å². The summed E-state index contributed by atoms with van der Waals surface area (Å²) in [7, 11) is 0. The van der Waals surface area contributed by atoms with E-state index in [1.165, 1.54) is 24.5 Å². The van der Waals surface area contributed by atoms with Gasteiger partial charge in [-0.1, -0.05) is 11.6 Å². The number of amides is 1. The molecule has 1 aliphatic rings. The highest BCUT2D eigenvalue weighted by Gasteiger charge is 2.08. The first kappa shape index (κ1) is 15.6. The zero-order chi connectivity index (χ0) is 15.1. The summed E-state index contributed by atoms with van der Waals surface area (Å²) in [6.07, 6.45) is 8.03. The smallest absolute Gasteiger partial charge is 0.238 e. The maximum Gasteiger partial charge on any atom is 0.238 e. The summed E-state index contributed by atoms with van der Waals surface area (Å²) in [5, 5.41) is 5.45. The second-order valence-corrected chi connectivity index (χ2v) is 5.21. The maximum atomic E-state index is 13.4. The molecule has 0 fully saturated rings. The molecule has 1 aromatic rings. The maximum absolute atomic E-state index is 13.4. The lowest BCUT2D eigenvalue weighted by Crippen LogP contribution is -2.29. The van der Waals surface area contributed by atoms with E-state index in [2.05, 4.69) is 16.7 Å². The minimum atomic E-state index is -0.768. The number of hydrogen-bond donors (Lipinski definition) is 2. The standard InChI is InChI=1S/C16H20F2N2O/c17-13-6-7-15(14(18)10-13)20-16(21)11-19-9-8-12-4-2-1-3-5-12/h4,6-7,10,19H,1-3,5,8-9,11H2,(H,20,21). The molecule has 0 radical (unpaired) electrons. The van der Waals surface area contributed by atoms with E-state index in [4.69, 9.17) is 0 Å². The molecular formula is C16H20F2N2O. The van der Waals surface area contributed by atoms with Crippen LogP contribution in [0.1, 0.15) is 32.1 Å². The van der Waals surface area contributed by atoms with E-state index >= 15 is 0 Å². The van der Waals surface area contributed by atoms with Gasteiger partial charge in [0.2, 0.25) is 5.91 Å². The molecule has 1 amide bonds. The molecule has 0 spiro atoms. The number of carbonyl (C=O) groups is 1. The Hall–Kier alpha value is -1.75. The fourth-order valence-electron chi connectivity index (χ4n) is 2.37. The molecule has 0 saturated carbocycles. The van der Waals surface area contributed by atoms with Crippen molar-refractivity contribution >= 4 is 11.6 Å². The topological polar surface area (TPSA) is 41.1 Å². The predicted molar refractivity (Wildman–Crippen MR) is 79.0 cm³/mol. The summed E-state index contributed by atoms with van der Waals surface area (Å²) in [4.78, 5) is 11.7. The van der Waals surface area contributed by atoms with Gasteiger partial charge >= 0.3 is 0 Å². The lowest BCUT2D eigenvalue weighted by atomic mass is 9.97. The third-order valence-electron chi connectivity index (χ3n) is 3.50. The molecule has 1 aromatic carbocycles. The highest BCUT2D eigenvalue weighted by atomic mass is 19.1. The Bertz CT molecular complexity index is 529. The summed E-state index contributed by atoms with van der Waals surface area (Å²) in [6, 6.07) is 3.08. The van der Waals surface area contributed by atoms with Gasteiger partial charge in [-0.3, -0.25) is 4.79 Å². The Labute approximate surface area is 123 Å². The van der Waals surface area contributed by atoms with Crippen LogP contribution in [0, 0.1) is 11.6 Å². The van der Waals surface area contributed by atoms with E-state index in [-0.39, 0.29) is 18.1 Å². The number of rotatable bonds is 6. The summed E-state index contributed by atoms with van der Waals surface area (Å²) in [5.74, 6) is -1.77. The largest absolute Gasteiger partial charge is 0.322 e. The normalized spacial score (nSPS) is 14.7. The Morgan fingerprint density at radius 1 is 1.24 bits per heavy atom.